The van der Waals surface area contributed by atoms with Crippen LogP contribution < -0.4 is 10.6 Å². The van der Waals surface area contributed by atoms with E-state index in [9.17, 15) is 9.59 Å². The predicted octanol–water partition coefficient (Wildman–Crippen LogP) is 1.67. The van der Waals surface area contributed by atoms with E-state index < -0.39 is 0 Å². The van der Waals surface area contributed by atoms with Crippen LogP contribution in [-0.2, 0) is 0 Å². The van der Waals surface area contributed by atoms with Crippen molar-refractivity contribution in [2.45, 2.75) is 18.9 Å². The lowest BCUT2D eigenvalue weighted by atomic mass is 10.2. The molecular formula is C13H17N3O2. The molecule has 1 aromatic rings. The van der Waals surface area contributed by atoms with Gasteiger partial charge in [-0.25, -0.2) is 4.79 Å². The topological polar surface area (TPSA) is 61.4 Å². The van der Waals surface area contributed by atoms with Gasteiger partial charge in [-0.15, -0.1) is 0 Å². The zero-order valence-corrected chi connectivity index (χ0v) is 10.6. The fourth-order valence-electron chi connectivity index (χ4n) is 1.57. The maximum Gasteiger partial charge on any atom is 0.319 e. The summed E-state index contributed by atoms with van der Waals surface area (Å²) in [5.74, 6) is -0.0822. The van der Waals surface area contributed by atoms with Gasteiger partial charge in [0, 0.05) is 31.4 Å². The van der Waals surface area contributed by atoms with Crippen molar-refractivity contribution in [1.29, 1.82) is 0 Å². The van der Waals surface area contributed by atoms with Crippen molar-refractivity contribution in [3.8, 4) is 0 Å². The number of amides is 3. The van der Waals surface area contributed by atoms with Crippen LogP contribution in [-0.4, -0.2) is 37.0 Å². The van der Waals surface area contributed by atoms with Crippen molar-refractivity contribution in [2.75, 3.05) is 19.4 Å². The maximum absolute atomic E-state index is 11.8. The number of carbonyl (C=O) groups is 2. The van der Waals surface area contributed by atoms with Crippen LogP contribution >= 0.6 is 0 Å². The summed E-state index contributed by atoms with van der Waals surface area (Å²) in [4.78, 5) is 24.8. The Morgan fingerprint density at radius 2 is 2.00 bits per heavy atom. The minimum Gasteiger partial charge on any atom is -0.345 e. The van der Waals surface area contributed by atoms with Gasteiger partial charge in [-0.05, 0) is 31.0 Å². The molecule has 0 unspecified atom stereocenters. The van der Waals surface area contributed by atoms with Crippen molar-refractivity contribution in [3.63, 3.8) is 0 Å². The Hall–Kier alpha value is -2.04. The van der Waals surface area contributed by atoms with Crippen molar-refractivity contribution in [3.05, 3.63) is 29.8 Å². The normalized spacial score (nSPS) is 13.9. The molecule has 0 radical (unpaired) electrons. The summed E-state index contributed by atoms with van der Waals surface area (Å²) in [6.45, 7) is 0. The van der Waals surface area contributed by atoms with Crippen LogP contribution in [0.5, 0.6) is 0 Å². The Morgan fingerprint density at radius 3 is 2.61 bits per heavy atom. The number of carbonyl (C=O) groups excluding carboxylic acids is 2. The Labute approximate surface area is 106 Å². The SMILES string of the molecule is CN(C)C(=O)c1cccc(NC(=O)NC2CC2)c1. The van der Waals surface area contributed by atoms with Crippen LogP contribution in [0.3, 0.4) is 0 Å². The first kappa shape index (κ1) is 12.4. The summed E-state index contributed by atoms with van der Waals surface area (Å²) in [7, 11) is 3.39. The monoisotopic (exact) mass is 247 g/mol. The average molecular weight is 247 g/mol. The summed E-state index contributed by atoms with van der Waals surface area (Å²) in [5, 5.41) is 5.56. The Morgan fingerprint density at radius 1 is 1.28 bits per heavy atom. The minimum absolute atomic E-state index is 0.0822. The molecule has 2 rings (SSSR count). The molecule has 5 heteroatoms. The van der Waals surface area contributed by atoms with Crippen LogP contribution in [0.25, 0.3) is 0 Å². The molecule has 0 aromatic heterocycles. The minimum atomic E-state index is -0.216. The van der Waals surface area contributed by atoms with E-state index in [4.69, 9.17) is 0 Å². The van der Waals surface area contributed by atoms with Crippen LogP contribution in [0.4, 0.5) is 10.5 Å². The highest BCUT2D eigenvalue weighted by atomic mass is 16.2. The summed E-state index contributed by atoms with van der Waals surface area (Å²) >= 11 is 0. The summed E-state index contributed by atoms with van der Waals surface area (Å²) in [5.41, 5.74) is 1.19. The molecule has 96 valence electrons. The van der Waals surface area contributed by atoms with Crippen molar-refractivity contribution >= 4 is 17.6 Å². The van der Waals surface area contributed by atoms with E-state index >= 15 is 0 Å². The molecule has 0 saturated heterocycles. The van der Waals surface area contributed by atoms with Crippen LogP contribution in [0.2, 0.25) is 0 Å². The second-order valence-corrected chi connectivity index (χ2v) is 4.65. The van der Waals surface area contributed by atoms with Gasteiger partial charge in [0.25, 0.3) is 5.91 Å². The summed E-state index contributed by atoms with van der Waals surface area (Å²) in [6, 6.07) is 7.02. The quantitative estimate of drug-likeness (QED) is 0.853. The maximum atomic E-state index is 11.8. The molecule has 1 saturated carbocycles. The van der Waals surface area contributed by atoms with Gasteiger partial charge in [-0.3, -0.25) is 4.79 Å². The molecule has 1 fully saturated rings. The van der Waals surface area contributed by atoms with E-state index in [0.29, 0.717) is 17.3 Å². The molecular weight excluding hydrogens is 230 g/mol. The van der Waals surface area contributed by atoms with Crippen LogP contribution in [0.15, 0.2) is 24.3 Å². The highest BCUT2D eigenvalue weighted by Crippen LogP contribution is 2.19. The first-order valence-corrected chi connectivity index (χ1v) is 5.95. The fraction of sp³-hybridized carbons (Fsp3) is 0.385. The molecule has 0 spiro atoms. The van der Waals surface area contributed by atoms with Gasteiger partial charge in [-0.1, -0.05) is 6.07 Å². The Balaban J connectivity index is 2.02. The summed E-state index contributed by atoms with van der Waals surface area (Å²) < 4.78 is 0. The third-order valence-corrected chi connectivity index (χ3v) is 2.69. The van der Waals surface area contributed by atoms with Gasteiger partial charge < -0.3 is 15.5 Å². The largest absolute Gasteiger partial charge is 0.345 e. The van der Waals surface area contributed by atoms with E-state index in [1.807, 2.05) is 0 Å². The lowest BCUT2D eigenvalue weighted by molar-refractivity contribution is 0.0827. The molecule has 0 bridgehead atoms. The molecule has 0 atom stereocenters. The van der Waals surface area contributed by atoms with Crippen LogP contribution in [0, 0.1) is 0 Å². The second kappa shape index (κ2) is 5.08. The third kappa shape index (κ3) is 3.23. The highest BCUT2D eigenvalue weighted by molar-refractivity contribution is 5.96. The number of anilines is 1. The van der Waals surface area contributed by atoms with Gasteiger partial charge in [0.1, 0.15) is 0 Å². The number of nitrogens with zero attached hydrogens (tertiary/aromatic N) is 1. The number of rotatable bonds is 3. The third-order valence-electron chi connectivity index (χ3n) is 2.69. The number of benzene rings is 1. The lowest BCUT2D eigenvalue weighted by Gasteiger charge is -2.12. The lowest BCUT2D eigenvalue weighted by Crippen LogP contribution is -2.30. The smallest absolute Gasteiger partial charge is 0.319 e. The van der Waals surface area contributed by atoms with E-state index in [2.05, 4.69) is 10.6 Å². The van der Waals surface area contributed by atoms with E-state index in [0.717, 1.165) is 12.8 Å². The molecule has 0 aliphatic heterocycles. The molecule has 1 aliphatic carbocycles. The summed E-state index contributed by atoms with van der Waals surface area (Å²) in [6.07, 6.45) is 2.10. The molecule has 0 heterocycles. The van der Waals surface area contributed by atoms with Crippen molar-refractivity contribution in [2.24, 2.45) is 0 Å². The molecule has 5 nitrogen and oxygen atoms in total. The highest BCUT2D eigenvalue weighted by Gasteiger charge is 2.23. The number of urea groups is 1. The standard InChI is InChI=1S/C13H17N3O2/c1-16(2)12(17)9-4-3-5-11(8-9)15-13(18)14-10-6-7-10/h3-5,8,10H,6-7H2,1-2H3,(H2,14,15,18). The zero-order chi connectivity index (χ0) is 13.1. The van der Waals surface area contributed by atoms with E-state index in [-0.39, 0.29) is 11.9 Å². The van der Waals surface area contributed by atoms with Gasteiger partial charge in [0.15, 0.2) is 0 Å². The number of nitrogens with one attached hydrogen (secondary N) is 2. The van der Waals surface area contributed by atoms with Gasteiger partial charge >= 0.3 is 6.03 Å². The Bertz CT molecular complexity index is 467. The van der Waals surface area contributed by atoms with Gasteiger partial charge in [-0.2, -0.15) is 0 Å². The predicted molar refractivity (Wildman–Crippen MR) is 69.6 cm³/mol. The first-order valence-electron chi connectivity index (χ1n) is 5.95. The molecule has 3 amide bonds. The fourth-order valence-corrected chi connectivity index (χ4v) is 1.57. The van der Waals surface area contributed by atoms with Gasteiger partial charge in [0.05, 0.1) is 0 Å². The zero-order valence-electron chi connectivity index (χ0n) is 10.6. The number of hydrogen-bond acceptors (Lipinski definition) is 2. The average Bonchev–Trinajstić information content (AvgIpc) is 3.12. The number of hydrogen-bond donors (Lipinski definition) is 2. The molecule has 1 aliphatic rings. The van der Waals surface area contributed by atoms with Crippen molar-refractivity contribution < 1.29 is 9.59 Å². The van der Waals surface area contributed by atoms with E-state index in [1.54, 1.807) is 38.4 Å². The molecule has 1 aromatic carbocycles. The molecule has 18 heavy (non-hydrogen) atoms. The molecule has 2 N–H and O–H groups in total. The van der Waals surface area contributed by atoms with Crippen molar-refractivity contribution in [1.82, 2.24) is 10.2 Å². The first-order chi connectivity index (χ1) is 8.56. The second-order valence-electron chi connectivity index (χ2n) is 4.65. The van der Waals surface area contributed by atoms with Gasteiger partial charge in [0.2, 0.25) is 0 Å². The van der Waals surface area contributed by atoms with E-state index in [1.165, 1.54) is 4.90 Å². The Kier molecular flexibility index (Phi) is 3.50. The van der Waals surface area contributed by atoms with Crippen LogP contribution in [0.1, 0.15) is 23.2 Å².